The highest BCUT2D eigenvalue weighted by Gasteiger charge is 2.21. The van der Waals surface area contributed by atoms with Crippen molar-refractivity contribution in [3.8, 4) is 11.5 Å². The average molecular weight is 428 g/mol. The topological polar surface area (TPSA) is 84.9 Å². The summed E-state index contributed by atoms with van der Waals surface area (Å²) < 4.78 is 60.7. The average Bonchev–Trinajstić information content (AvgIpc) is 2.68. The molecule has 2 aromatic carbocycles. The van der Waals surface area contributed by atoms with E-state index in [9.17, 15) is 22.0 Å². The number of nitrogens with one attached hydrogen (secondary N) is 1. The van der Waals surface area contributed by atoms with Gasteiger partial charge in [-0.1, -0.05) is 13.8 Å². The Hall–Kier alpha value is -2.72. The van der Waals surface area contributed by atoms with Crippen LogP contribution >= 0.6 is 0 Å². The minimum absolute atomic E-state index is 0.0785. The van der Waals surface area contributed by atoms with Gasteiger partial charge in [0, 0.05) is 30.4 Å². The Balaban J connectivity index is 2.20. The van der Waals surface area contributed by atoms with Crippen LogP contribution < -0.4 is 14.8 Å². The number of hydrogen-bond acceptors (Lipinski definition) is 5. The first kappa shape index (κ1) is 22.6. The second-order valence-electron chi connectivity index (χ2n) is 5.81. The molecule has 0 unspecified atom stereocenters. The molecular weight excluding hydrogens is 406 g/mol. The maximum Gasteiger partial charge on any atom is 0.387 e. The number of alkyl halides is 2. The fraction of sp³-hybridized carbons (Fsp3) is 0.316. The van der Waals surface area contributed by atoms with E-state index in [-0.39, 0.29) is 27.6 Å². The minimum Gasteiger partial charge on any atom is -0.493 e. The zero-order chi connectivity index (χ0) is 21.6. The van der Waals surface area contributed by atoms with Crippen LogP contribution in [0.25, 0.3) is 0 Å². The van der Waals surface area contributed by atoms with E-state index in [0.717, 1.165) is 0 Å². The van der Waals surface area contributed by atoms with Crippen molar-refractivity contribution in [3.63, 3.8) is 0 Å². The third kappa shape index (κ3) is 5.42. The molecule has 0 aliphatic heterocycles. The molecule has 0 atom stereocenters. The number of nitrogens with zero attached hydrogens (tertiary/aromatic N) is 1. The molecule has 0 fully saturated rings. The predicted molar refractivity (Wildman–Crippen MR) is 104 cm³/mol. The number of carbonyl (C=O) groups is 1. The van der Waals surface area contributed by atoms with Crippen LogP contribution in [0.1, 0.15) is 24.2 Å². The van der Waals surface area contributed by atoms with Crippen LogP contribution in [0.5, 0.6) is 11.5 Å². The third-order valence-corrected chi connectivity index (χ3v) is 6.16. The summed E-state index contributed by atoms with van der Waals surface area (Å²) in [5.41, 5.74) is 0.418. The summed E-state index contributed by atoms with van der Waals surface area (Å²) in [4.78, 5) is 12.5. The first-order chi connectivity index (χ1) is 13.7. The van der Waals surface area contributed by atoms with Crippen LogP contribution in [-0.4, -0.2) is 45.4 Å². The maximum absolute atomic E-state index is 12.5. The van der Waals surface area contributed by atoms with Crippen molar-refractivity contribution in [1.29, 1.82) is 0 Å². The molecule has 0 saturated heterocycles. The number of ether oxygens (including phenoxy) is 2. The third-order valence-electron chi connectivity index (χ3n) is 4.10. The van der Waals surface area contributed by atoms with Gasteiger partial charge in [0.2, 0.25) is 10.0 Å². The fourth-order valence-electron chi connectivity index (χ4n) is 2.64. The second-order valence-corrected chi connectivity index (χ2v) is 7.75. The van der Waals surface area contributed by atoms with Gasteiger partial charge < -0.3 is 14.8 Å². The van der Waals surface area contributed by atoms with Gasteiger partial charge in [-0.15, -0.1) is 0 Å². The van der Waals surface area contributed by atoms with Crippen molar-refractivity contribution in [3.05, 3.63) is 48.0 Å². The number of carbonyl (C=O) groups excluding carboxylic acids is 1. The van der Waals surface area contributed by atoms with Crippen LogP contribution in [0.2, 0.25) is 0 Å². The van der Waals surface area contributed by atoms with Gasteiger partial charge in [-0.2, -0.15) is 13.1 Å². The molecule has 29 heavy (non-hydrogen) atoms. The Labute approximate surface area is 168 Å². The summed E-state index contributed by atoms with van der Waals surface area (Å²) in [7, 11) is -2.32. The van der Waals surface area contributed by atoms with E-state index in [2.05, 4.69) is 10.1 Å². The maximum atomic E-state index is 12.5. The molecule has 0 radical (unpaired) electrons. The lowest BCUT2D eigenvalue weighted by Gasteiger charge is -2.18. The Morgan fingerprint density at radius 1 is 1.07 bits per heavy atom. The Morgan fingerprint density at radius 3 is 2.21 bits per heavy atom. The van der Waals surface area contributed by atoms with Gasteiger partial charge in [-0.05, 0) is 36.4 Å². The molecule has 10 heteroatoms. The summed E-state index contributed by atoms with van der Waals surface area (Å²) in [5.74, 6) is -0.667. The largest absolute Gasteiger partial charge is 0.493 e. The van der Waals surface area contributed by atoms with E-state index >= 15 is 0 Å². The van der Waals surface area contributed by atoms with Gasteiger partial charge in [0.1, 0.15) is 0 Å². The molecule has 0 aromatic heterocycles. The smallest absolute Gasteiger partial charge is 0.387 e. The summed E-state index contributed by atoms with van der Waals surface area (Å²) in [6.45, 7) is 1.10. The van der Waals surface area contributed by atoms with Gasteiger partial charge in [-0.3, -0.25) is 4.79 Å². The molecule has 2 rings (SSSR count). The van der Waals surface area contributed by atoms with Crippen molar-refractivity contribution in [2.45, 2.75) is 25.4 Å². The molecule has 0 heterocycles. The molecular formula is C19H22F2N2O5S. The number of halogens is 2. The first-order valence-electron chi connectivity index (χ1n) is 8.77. The normalized spacial score (nSPS) is 11.6. The van der Waals surface area contributed by atoms with Crippen molar-refractivity contribution in [2.75, 3.05) is 25.5 Å². The van der Waals surface area contributed by atoms with Crippen molar-refractivity contribution >= 4 is 21.6 Å². The number of anilines is 1. The highest BCUT2D eigenvalue weighted by Crippen LogP contribution is 2.31. The quantitative estimate of drug-likeness (QED) is 0.660. The second kappa shape index (κ2) is 9.66. The van der Waals surface area contributed by atoms with Crippen molar-refractivity contribution in [1.82, 2.24) is 4.31 Å². The van der Waals surface area contributed by atoms with Crippen LogP contribution in [0.15, 0.2) is 47.4 Å². The van der Waals surface area contributed by atoms with E-state index < -0.39 is 22.5 Å². The van der Waals surface area contributed by atoms with E-state index in [1.54, 1.807) is 13.8 Å². The van der Waals surface area contributed by atoms with Gasteiger partial charge in [0.15, 0.2) is 11.5 Å². The lowest BCUT2D eigenvalue weighted by Crippen LogP contribution is -2.30. The molecule has 158 valence electrons. The fourth-order valence-corrected chi connectivity index (χ4v) is 4.09. The molecule has 0 aliphatic rings. The highest BCUT2D eigenvalue weighted by atomic mass is 32.2. The first-order valence-corrected chi connectivity index (χ1v) is 10.2. The lowest BCUT2D eigenvalue weighted by molar-refractivity contribution is -0.0511. The number of amides is 1. The van der Waals surface area contributed by atoms with Crippen LogP contribution in [0.4, 0.5) is 14.5 Å². The molecule has 0 saturated carbocycles. The molecule has 1 amide bonds. The molecule has 0 bridgehead atoms. The summed E-state index contributed by atoms with van der Waals surface area (Å²) in [6, 6.07) is 9.52. The molecule has 1 N–H and O–H groups in total. The Kier molecular flexibility index (Phi) is 7.52. The Bertz CT molecular complexity index is 946. The number of rotatable bonds is 9. The number of hydrogen-bond donors (Lipinski definition) is 1. The minimum atomic E-state index is -3.63. The highest BCUT2D eigenvalue weighted by molar-refractivity contribution is 7.89. The lowest BCUT2D eigenvalue weighted by atomic mass is 10.2. The monoisotopic (exact) mass is 428 g/mol. The molecule has 0 aliphatic carbocycles. The number of benzene rings is 2. The Morgan fingerprint density at radius 2 is 1.69 bits per heavy atom. The van der Waals surface area contributed by atoms with Gasteiger partial charge >= 0.3 is 6.61 Å². The van der Waals surface area contributed by atoms with Gasteiger partial charge in [-0.25, -0.2) is 8.42 Å². The summed E-state index contributed by atoms with van der Waals surface area (Å²) in [5, 5.41) is 2.55. The number of sulfonamides is 1. The number of methoxy groups -OCH3 is 1. The molecule has 0 spiro atoms. The van der Waals surface area contributed by atoms with Gasteiger partial charge in [0.05, 0.1) is 12.0 Å². The van der Waals surface area contributed by atoms with E-state index in [0.29, 0.717) is 13.1 Å². The standard InChI is InChI=1S/C19H22F2N2O5S/c1-4-23(5-2)29(25,26)15-9-6-13(7-10-15)18(24)22-14-8-11-16(27-3)17(12-14)28-19(20)21/h6-12,19H,4-5H2,1-3H3,(H,22,24). The molecule has 7 nitrogen and oxygen atoms in total. The van der Waals surface area contributed by atoms with Crippen LogP contribution in [0, 0.1) is 0 Å². The van der Waals surface area contributed by atoms with Crippen LogP contribution in [-0.2, 0) is 10.0 Å². The van der Waals surface area contributed by atoms with Crippen molar-refractivity contribution < 1.29 is 31.5 Å². The van der Waals surface area contributed by atoms with Crippen LogP contribution in [0.3, 0.4) is 0 Å². The SMILES string of the molecule is CCN(CC)S(=O)(=O)c1ccc(C(=O)Nc2ccc(OC)c(OC(F)F)c2)cc1. The van der Waals surface area contributed by atoms with Crippen molar-refractivity contribution in [2.24, 2.45) is 0 Å². The van der Waals surface area contributed by atoms with E-state index in [1.807, 2.05) is 0 Å². The zero-order valence-corrected chi connectivity index (χ0v) is 17.0. The summed E-state index contributed by atoms with van der Waals surface area (Å²) in [6.07, 6.45) is 0. The van der Waals surface area contributed by atoms with Gasteiger partial charge in [0.25, 0.3) is 5.91 Å². The van der Waals surface area contributed by atoms with E-state index in [4.69, 9.17) is 4.74 Å². The predicted octanol–water partition coefficient (Wildman–Crippen LogP) is 3.58. The van der Waals surface area contributed by atoms with E-state index in [1.165, 1.54) is 53.9 Å². The summed E-state index contributed by atoms with van der Waals surface area (Å²) >= 11 is 0. The molecule has 2 aromatic rings. The zero-order valence-electron chi connectivity index (χ0n) is 16.2.